The molecule has 0 unspecified atom stereocenters. The average molecular weight is 354 g/mol. The van der Waals surface area contributed by atoms with E-state index in [4.69, 9.17) is 4.74 Å². The van der Waals surface area contributed by atoms with Crippen molar-refractivity contribution in [2.24, 2.45) is 0 Å². The predicted molar refractivity (Wildman–Crippen MR) is 69.6 cm³/mol. The predicted octanol–water partition coefficient (Wildman–Crippen LogP) is 2.58. The normalized spacial score (nSPS) is 11.8. The summed E-state index contributed by atoms with van der Waals surface area (Å²) in [5.74, 6) is 0. The molecule has 1 rings (SSSR count). The Morgan fingerprint density at radius 1 is 1.44 bits per heavy atom. The zero-order valence-electron chi connectivity index (χ0n) is 9.46. The molecule has 4 nitrogen and oxygen atoms in total. The van der Waals surface area contributed by atoms with E-state index in [1.165, 1.54) is 4.68 Å². The van der Waals surface area contributed by atoms with Crippen LogP contribution in [0.25, 0.3) is 0 Å². The summed E-state index contributed by atoms with van der Waals surface area (Å²) in [6.45, 7) is 6.83. The first-order valence-electron chi connectivity index (χ1n) is 4.86. The summed E-state index contributed by atoms with van der Waals surface area (Å²) in [6, 6.07) is 0. The highest BCUT2D eigenvalue weighted by molar-refractivity contribution is 9.13. The van der Waals surface area contributed by atoms with Gasteiger partial charge in [-0.1, -0.05) is 0 Å². The van der Waals surface area contributed by atoms with E-state index in [-0.39, 0.29) is 11.2 Å². The highest BCUT2D eigenvalue weighted by Gasteiger charge is 2.11. The molecule has 0 amide bonds. The molecule has 90 valence electrons. The van der Waals surface area contributed by atoms with Crippen molar-refractivity contribution in [1.29, 1.82) is 0 Å². The second-order valence-electron chi connectivity index (χ2n) is 4.30. The molecule has 0 radical (unpaired) electrons. The van der Waals surface area contributed by atoms with Crippen LogP contribution in [0.2, 0.25) is 0 Å². The number of aromatic nitrogens is 2. The number of nitrogens with zero attached hydrogens (tertiary/aromatic N) is 2. The largest absolute Gasteiger partial charge is 0.374 e. The molecule has 0 saturated carbocycles. The lowest BCUT2D eigenvalue weighted by atomic mass is 10.2. The molecule has 16 heavy (non-hydrogen) atoms. The van der Waals surface area contributed by atoms with Crippen molar-refractivity contribution in [3.8, 4) is 0 Å². The number of halogens is 2. The number of hydrogen-bond donors (Lipinski definition) is 0. The number of ether oxygens (including phenoxy) is 1. The standard InChI is InChI=1S/C10H14Br2N2O2/c1-10(2,3)16-5-4-14-9(15)8(12)7(11)6-13-14/h6H,4-5H2,1-3H3. The fourth-order valence-electron chi connectivity index (χ4n) is 1.04. The van der Waals surface area contributed by atoms with Crippen molar-refractivity contribution in [2.45, 2.75) is 32.9 Å². The van der Waals surface area contributed by atoms with E-state index in [9.17, 15) is 4.79 Å². The second kappa shape index (κ2) is 5.42. The highest BCUT2D eigenvalue weighted by atomic mass is 79.9. The summed E-state index contributed by atoms with van der Waals surface area (Å²) in [4.78, 5) is 11.7. The van der Waals surface area contributed by atoms with Gasteiger partial charge in [-0.05, 0) is 52.6 Å². The molecule has 0 aliphatic rings. The first kappa shape index (κ1) is 13.9. The maximum atomic E-state index is 11.7. The number of hydrogen-bond acceptors (Lipinski definition) is 3. The zero-order chi connectivity index (χ0) is 12.3. The SMILES string of the molecule is CC(C)(C)OCCn1ncc(Br)c(Br)c1=O. The van der Waals surface area contributed by atoms with E-state index in [0.29, 0.717) is 22.1 Å². The molecule has 0 aliphatic heterocycles. The lowest BCUT2D eigenvalue weighted by Gasteiger charge is -2.19. The lowest BCUT2D eigenvalue weighted by molar-refractivity contribution is -0.00838. The van der Waals surface area contributed by atoms with Crippen LogP contribution >= 0.6 is 31.9 Å². The highest BCUT2D eigenvalue weighted by Crippen LogP contribution is 2.16. The Hall–Kier alpha value is -0.200. The van der Waals surface area contributed by atoms with Crippen LogP contribution < -0.4 is 5.56 Å². The number of rotatable bonds is 3. The molecule has 6 heteroatoms. The Kier molecular flexibility index (Phi) is 4.70. The summed E-state index contributed by atoms with van der Waals surface area (Å²) >= 11 is 6.43. The first-order chi connectivity index (χ1) is 7.31. The minimum Gasteiger partial charge on any atom is -0.374 e. The van der Waals surface area contributed by atoms with Crippen molar-refractivity contribution < 1.29 is 4.74 Å². The van der Waals surface area contributed by atoms with Gasteiger partial charge in [0.1, 0.15) is 4.47 Å². The van der Waals surface area contributed by atoms with Crippen LogP contribution in [0.5, 0.6) is 0 Å². The van der Waals surface area contributed by atoms with Gasteiger partial charge in [0, 0.05) is 0 Å². The van der Waals surface area contributed by atoms with E-state index in [1.807, 2.05) is 20.8 Å². The maximum absolute atomic E-state index is 11.7. The van der Waals surface area contributed by atoms with Gasteiger partial charge in [0.2, 0.25) is 0 Å². The fraction of sp³-hybridized carbons (Fsp3) is 0.600. The molecule has 0 saturated heterocycles. The third kappa shape index (κ3) is 3.99. The van der Waals surface area contributed by atoms with Crippen molar-refractivity contribution >= 4 is 31.9 Å². The van der Waals surface area contributed by atoms with Gasteiger partial charge in [-0.25, -0.2) is 4.68 Å². The maximum Gasteiger partial charge on any atom is 0.282 e. The molecule has 0 bridgehead atoms. The van der Waals surface area contributed by atoms with Crippen molar-refractivity contribution in [1.82, 2.24) is 9.78 Å². The van der Waals surface area contributed by atoms with Gasteiger partial charge in [0.15, 0.2) is 0 Å². The minimum absolute atomic E-state index is 0.160. The molecule has 0 atom stereocenters. The van der Waals surface area contributed by atoms with Crippen molar-refractivity contribution in [2.75, 3.05) is 6.61 Å². The summed E-state index contributed by atoms with van der Waals surface area (Å²) in [5, 5.41) is 4.01. The van der Waals surface area contributed by atoms with Gasteiger partial charge in [0.05, 0.1) is 29.4 Å². The van der Waals surface area contributed by atoms with Crippen LogP contribution in [0.4, 0.5) is 0 Å². The Bertz CT molecular complexity index is 424. The zero-order valence-corrected chi connectivity index (χ0v) is 12.6. The Morgan fingerprint density at radius 3 is 2.62 bits per heavy atom. The van der Waals surface area contributed by atoms with Gasteiger partial charge in [0.25, 0.3) is 5.56 Å². The molecular weight excluding hydrogens is 340 g/mol. The van der Waals surface area contributed by atoms with E-state index < -0.39 is 0 Å². The molecule has 1 heterocycles. The van der Waals surface area contributed by atoms with E-state index in [1.54, 1.807) is 6.20 Å². The fourth-order valence-corrected chi connectivity index (χ4v) is 1.61. The second-order valence-corrected chi connectivity index (χ2v) is 5.94. The summed E-state index contributed by atoms with van der Waals surface area (Å²) < 4.78 is 8.05. The quantitative estimate of drug-likeness (QED) is 0.838. The van der Waals surface area contributed by atoms with Crippen molar-refractivity contribution in [3.05, 3.63) is 25.5 Å². The molecule has 0 aliphatic carbocycles. The van der Waals surface area contributed by atoms with Crippen LogP contribution in [0.1, 0.15) is 20.8 Å². The molecule has 0 aromatic carbocycles. The van der Waals surface area contributed by atoms with Crippen LogP contribution in [0.3, 0.4) is 0 Å². The van der Waals surface area contributed by atoms with E-state index in [2.05, 4.69) is 37.0 Å². The van der Waals surface area contributed by atoms with Crippen molar-refractivity contribution in [3.63, 3.8) is 0 Å². The van der Waals surface area contributed by atoms with E-state index in [0.717, 1.165) is 0 Å². The van der Waals surface area contributed by atoms with Gasteiger partial charge >= 0.3 is 0 Å². The monoisotopic (exact) mass is 352 g/mol. The first-order valence-corrected chi connectivity index (χ1v) is 6.45. The van der Waals surface area contributed by atoms with Crippen LogP contribution in [-0.4, -0.2) is 22.0 Å². The van der Waals surface area contributed by atoms with Crippen LogP contribution in [-0.2, 0) is 11.3 Å². The lowest BCUT2D eigenvalue weighted by Crippen LogP contribution is -2.28. The third-order valence-corrected chi connectivity index (χ3v) is 3.68. The summed E-state index contributed by atoms with van der Waals surface area (Å²) in [6.07, 6.45) is 1.59. The van der Waals surface area contributed by atoms with Crippen LogP contribution in [0, 0.1) is 0 Å². The Morgan fingerprint density at radius 2 is 2.06 bits per heavy atom. The van der Waals surface area contributed by atoms with Gasteiger partial charge < -0.3 is 4.74 Å². The molecule has 0 fully saturated rings. The molecular formula is C10H14Br2N2O2. The molecule has 1 aromatic heterocycles. The Balaban J connectivity index is 2.69. The van der Waals surface area contributed by atoms with Gasteiger partial charge in [-0.15, -0.1) is 0 Å². The molecule has 0 N–H and O–H groups in total. The van der Waals surface area contributed by atoms with Crippen LogP contribution in [0.15, 0.2) is 19.9 Å². The minimum atomic E-state index is -0.198. The smallest absolute Gasteiger partial charge is 0.282 e. The van der Waals surface area contributed by atoms with Gasteiger partial charge in [-0.3, -0.25) is 4.79 Å². The topological polar surface area (TPSA) is 44.1 Å². The summed E-state index contributed by atoms with van der Waals surface area (Å²) in [7, 11) is 0. The molecule has 1 aromatic rings. The Labute approximate surface area is 111 Å². The molecule has 0 spiro atoms. The van der Waals surface area contributed by atoms with Gasteiger partial charge in [-0.2, -0.15) is 5.10 Å². The summed E-state index contributed by atoms with van der Waals surface area (Å²) in [5.41, 5.74) is -0.359. The third-order valence-electron chi connectivity index (χ3n) is 1.78. The average Bonchev–Trinajstić information content (AvgIpc) is 2.16. The van der Waals surface area contributed by atoms with E-state index >= 15 is 0 Å².